The second kappa shape index (κ2) is 5.46. The van der Waals surface area contributed by atoms with Gasteiger partial charge >= 0.3 is 0 Å². The van der Waals surface area contributed by atoms with E-state index in [9.17, 15) is 0 Å². The van der Waals surface area contributed by atoms with Gasteiger partial charge in [-0.3, -0.25) is 0 Å². The van der Waals surface area contributed by atoms with Crippen molar-refractivity contribution >= 4 is 0 Å². The highest BCUT2D eigenvalue weighted by atomic mass is 15.0. The minimum Gasteiger partial charge on any atom is -0.329 e. The van der Waals surface area contributed by atoms with Crippen LogP contribution in [-0.4, -0.2) is 18.6 Å². The van der Waals surface area contributed by atoms with Gasteiger partial charge in [0.1, 0.15) is 0 Å². The van der Waals surface area contributed by atoms with Crippen molar-refractivity contribution in [2.45, 2.75) is 39.7 Å². The highest BCUT2D eigenvalue weighted by Crippen LogP contribution is 2.11. The average Bonchev–Trinajstić information content (AvgIpc) is 2.21. The van der Waals surface area contributed by atoms with E-state index in [4.69, 9.17) is 5.73 Å². The van der Waals surface area contributed by atoms with Crippen molar-refractivity contribution in [3.8, 4) is 0 Å². The zero-order valence-corrected chi connectivity index (χ0v) is 10.9. The fraction of sp³-hybridized carbons (Fsp3) is 0.571. The summed E-state index contributed by atoms with van der Waals surface area (Å²) < 4.78 is 0. The Morgan fingerprint density at radius 1 is 1.25 bits per heavy atom. The molecule has 0 unspecified atom stereocenters. The summed E-state index contributed by atoms with van der Waals surface area (Å²) in [6.45, 7) is 10.2. The van der Waals surface area contributed by atoms with Crippen LogP contribution in [0.25, 0.3) is 0 Å². The van der Waals surface area contributed by atoms with E-state index in [1.54, 1.807) is 0 Å². The lowest BCUT2D eigenvalue weighted by molar-refractivity contribution is 0.401. The third kappa shape index (κ3) is 3.95. The molecule has 0 aromatic heterocycles. The van der Waals surface area contributed by atoms with E-state index in [2.05, 4.69) is 51.2 Å². The Bertz CT molecular complexity index is 343. The Labute approximate surface area is 99.2 Å². The molecule has 0 saturated heterocycles. The maximum Gasteiger partial charge on any atom is 0.0247 e. The molecule has 0 aliphatic carbocycles. The van der Waals surface area contributed by atoms with Crippen LogP contribution in [0.5, 0.6) is 0 Å². The van der Waals surface area contributed by atoms with E-state index in [0.29, 0.717) is 6.54 Å². The molecular formula is C14H24N2. The molecule has 90 valence electrons. The van der Waals surface area contributed by atoms with Gasteiger partial charge in [0.25, 0.3) is 0 Å². The van der Waals surface area contributed by atoms with Crippen molar-refractivity contribution in [3.63, 3.8) is 0 Å². The van der Waals surface area contributed by atoms with Crippen molar-refractivity contribution in [2.24, 2.45) is 5.73 Å². The van der Waals surface area contributed by atoms with Crippen molar-refractivity contribution in [2.75, 3.05) is 13.1 Å². The number of hydrogen-bond acceptors (Lipinski definition) is 2. The van der Waals surface area contributed by atoms with Crippen LogP contribution in [0.1, 0.15) is 30.5 Å². The van der Waals surface area contributed by atoms with Crippen LogP contribution >= 0.6 is 0 Å². The molecule has 0 amide bonds. The summed E-state index contributed by atoms with van der Waals surface area (Å²) in [5.41, 5.74) is 9.85. The minimum absolute atomic E-state index is 0.0403. The zero-order chi connectivity index (χ0) is 12.2. The summed E-state index contributed by atoms with van der Waals surface area (Å²) in [7, 11) is 0. The van der Waals surface area contributed by atoms with Gasteiger partial charge in [0.15, 0.2) is 0 Å². The molecule has 0 aliphatic heterocycles. The fourth-order valence-corrected chi connectivity index (χ4v) is 1.73. The van der Waals surface area contributed by atoms with Crippen molar-refractivity contribution in [1.29, 1.82) is 0 Å². The van der Waals surface area contributed by atoms with Crippen LogP contribution in [0.3, 0.4) is 0 Å². The van der Waals surface area contributed by atoms with Crippen LogP contribution in [0.15, 0.2) is 18.2 Å². The summed E-state index contributed by atoms with van der Waals surface area (Å²) in [5, 5.41) is 3.47. The van der Waals surface area contributed by atoms with Crippen molar-refractivity contribution in [1.82, 2.24) is 5.32 Å². The fourth-order valence-electron chi connectivity index (χ4n) is 1.73. The Kier molecular flexibility index (Phi) is 4.51. The molecule has 0 atom stereocenters. The highest BCUT2D eigenvalue weighted by Gasteiger charge is 2.13. The van der Waals surface area contributed by atoms with Crippen molar-refractivity contribution < 1.29 is 0 Å². The first-order valence-electron chi connectivity index (χ1n) is 5.96. The number of hydrogen-bond donors (Lipinski definition) is 2. The van der Waals surface area contributed by atoms with Crippen LogP contribution in [0.4, 0.5) is 0 Å². The van der Waals surface area contributed by atoms with E-state index in [0.717, 1.165) is 13.0 Å². The number of nitrogens with one attached hydrogen (secondary N) is 1. The molecule has 0 fully saturated rings. The molecule has 2 nitrogen and oxygen atoms in total. The van der Waals surface area contributed by atoms with E-state index < -0.39 is 0 Å². The highest BCUT2D eigenvalue weighted by molar-refractivity contribution is 5.30. The topological polar surface area (TPSA) is 38.0 Å². The number of benzene rings is 1. The van der Waals surface area contributed by atoms with E-state index in [-0.39, 0.29) is 5.54 Å². The lowest BCUT2D eigenvalue weighted by Crippen LogP contribution is -2.46. The Hall–Kier alpha value is -0.860. The summed E-state index contributed by atoms with van der Waals surface area (Å²) in [6, 6.07) is 6.64. The monoisotopic (exact) mass is 220 g/mol. The lowest BCUT2D eigenvalue weighted by atomic mass is 10.0. The van der Waals surface area contributed by atoms with E-state index >= 15 is 0 Å². The van der Waals surface area contributed by atoms with Gasteiger partial charge in [-0.2, -0.15) is 0 Å². The molecule has 1 aromatic rings. The molecule has 1 rings (SSSR count). The number of nitrogens with two attached hydrogens (primary N) is 1. The molecule has 0 bridgehead atoms. The predicted molar refractivity (Wildman–Crippen MR) is 70.8 cm³/mol. The van der Waals surface area contributed by atoms with Crippen LogP contribution in [-0.2, 0) is 6.42 Å². The van der Waals surface area contributed by atoms with Gasteiger partial charge in [-0.15, -0.1) is 0 Å². The molecule has 0 spiro atoms. The quantitative estimate of drug-likeness (QED) is 0.798. The summed E-state index contributed by atoms with van der Waals surface area (Å²) >= 11 is 0. The second-order valence-corrected chi connectivity index (χ2v) is 5.19. The van der Waals surface area contributed by atoms with Gasteiger partial charge in [0.2, 0.25) is 0 Å². The maximum absolute atomic E-state index is 5.67. The van der Waals surface area contributed by atoms with Crippen molar-refractivity contribution in [3.05, 3.63) is 34.9 Å². The lowest BCUT2D eigenvalue weighted by Gasteiger charge is -2.24. The minimum atomic E-state index is 0.0403. The number of rotatable bonds is 5. The predicted octanol–water partition coefficient (Wildman–Crippen LogP) is 2.17. The summed E-state index contributed by atoms with van der Waals surface area (Å²) in [6.07, 6.45) is 1.07. The SMILES string of the molecule is Cc1ccc(CCNC(C)(C)CN)c(C)c1. The summed E-state index contributed by atoms with van der Waals surface area (Å²) in [4.78, 5) is 0. The Balaban J connectivity index is 2.49. The second-order valence-electron chi connectivity index (χ2n) is 5.19. The molecule has 2 heteroatoms. The van der Waals surface area contributed by atoms with E-state index in [1.165, 1.54) is 16.7 Å². The molecule has 3 N–H and O–H groups in total. The largest absolute Gasteiger partial charge is 0.329 e. The van der Waals surface area contributed by atoms with Gasteiger partial charge < -0.3 is 11.1 Å². The Morgan fingerprint density at radius 2 is 1.94 bits per heavy atom. The first-order chi connectivity index (χ1) is 7.44. The summed E-state index contributed by atoms with van der Waals surface area (Å²) in [5.74, 6) is 0. The van der Waals surface area contributed by atoms with E-state index in [1.807, 2.05) is 0 Å². The first-order valence-corrected chi connectivity index (χ1v) is 5.96. The van der Waals surface area contributed by atoms with Gasteiger partial charge in [0.05, 0.1) is 0 Å². The molecule has 0 aliphatic rings. The average molecular weight is 220 g/mol. The maximum atomic E-state index is 5.67. The van der Waals surface area contributed by atoms with Crippen LogP contribution in [0.2, 0.25) is 0 Å². The van der Waals surface area contributed by atoms with Gasteiger partial charge in [-0.05, 0) is 51.8 Å². The number of aryl methyl sites for hydroxylation is 2. The third-order valence-corrected chi connectivity index (χ3v) is 3.01. The molecule has 0 heterocycles. The first kappa shape index (κ1) is 13.2. The standard InChI is InChI=1S/C14H24N2/c1-11-5-6-13(12(2)9-11)7-8-16-14(3,4)10-15/h5-6,9,16H,7-8,10,15H2,1-4H3. The van der Waals surface area contributed by atoms with Gasteiger partial charge in [-0.1, -0.05) is 23.8 Å². The molecule has 1 aromatic carbocycles. The molecular weight excluding hydrogens is 196 g/mol. The van der Waals surface area contributed by atoms with Gasteiger partial charge in [0, 0.05) is 12.1 Å². The van der Waals surface area contributed by atoms with Crippen LogP contribution < -0.4 is 11.1 Å². The zero-order valence-electron chi connectivity index (χ0n) is 10.9. The smallest absolute Gasteiger partial charge is 0.0247 e. The molecule has 0 radical (unpaired) electrons. The van der Waals surface area contributed by atoms with Crippen LogP contribution in [0, 0.1) is 13.8 Å². The molecule has 16 heavy (non-hydrogen) atoms. The molecule has 0 saturated carbocycles. The third-order valence-electron chi connectivity index (χ3n) is 3.01. The normalized spacial score (nSPS) is 11.8. The Morgan fingerprint density at radius 3 is 2.50 bits per heavy atom. The van der Waals surface area contributed by atoms with Gasteiger partial charge in [-0.25, -0.2) is 0 Å².